The fourth-order valence-electron chi connectivity index (χ4n) is 2.68. The van der Waals surface area contributed by atoms with Crippen LogP contribution in [0.4, 0.5) is 5.69 Å². The van der Waals surface area contributed by atoms with Crippen molar-refractivity contribution in [1.29, 1.82) is 0 Å². The maximum atomic E-state index is 12.6. The van der Waals surface area contributed by atoms with E-state index in [1.54, 1.807) is 35.4 Å². The molecular formula is C16H16ClN3O3. The number of anilines is 1. The molecule has 1 atom stereocenters. The number of amides is 2. The predicted molar refractivity (Wildman–Crippen MR) is 85.3 cm³/mol. The van der Waals surface area contributed by atoms with Crippen LogP contribution in [0, 0.1) is 0 Å². The van der Waals surface area contributed by atoms with Gasteiger partial charge in [-0.05, 0) is 43.5 Å². The highest BCUT2D eigenvalue weighted by Gasteiger charge is 2.33. The van der Waals surface area contributed by atoms with Crippen LogP contribution in [-0.4, -0.2) is 34.3 Å². The number of furan rings is 1. The monoisotopic (exact) mass is 333 g/mol. The summed E-state index contributed by atoms with van der Waals surface area (Å²) >= 11 is 5.97. The zero-order valence-corrected chi connectivity index (χ0v) is 13.1. The van der Waals surface area contributed by atoms with Crippen molar-refractivity contribution in [2.45, 2.75) is 25.3 Å². The summed E-state index contributed by atoms with van der Waals surface area (Å²) in [6, 6.07) is 6.08. The average Bonchev–Trinajstić information content (AvgIpc) is 3.11. The third-order valence-corrected chi connectivity index (χ3v) is 4.12. The maximum Gasteiger partial charge on any atom is 0.290 e. The number of nitrogens with zero attached hydrogens (tertiary/aromatic N) is 2. The molecule has 6 nitrogen and oxygen atoms in total. The number of hydrogen-bond donors (Lipinski definition) is 1. The summed E-state index contributed by atoms with van der Waals surface area (Å²) in [5, 5.41) is 2.97. The van der Waals surface area contributed by atoms with E-state index in [9.17, 15) is 9.59 Å². The van der Waals surface area contributed by atoms with Crippen molar-refractivity contribution in [2.24, 2.45) is 0 Å². The van der Waals surface area contributed by atoms with Crippen LogP contribution < -0.4 is 5.32 Å². The molecule has 2 amide bonds. The molecule has 0 bridgehead atoms. The fraction of sp³-hybridized carbons (Fsp3) is 0.312. The number of aromatic nitrogens is 1. The fourth-order valence-corrected chi connectivity index (χ4v) is 2.85. The van der Waals surface area contributed by atoms with Crippen molar-refractivity contribution < 1.29 is 14.0 Å². The molecule has 0 aliphatic carbocycles. The molecule has 23 heavy (non-hydrogen) atoms. The highest BCUT2D eigenvalue weighted by Crippen LogP contribution is 2.23. The number of carbonyl (C=O) groups excluding carboxylic acids is 2. The van der Waals surface area contributed by atoms with Gasteiger partial charge in [-0.3, -0.25) is 9.59 Å². The van der Waals surface area contributed by atoms with Gasteiger partial charge in [-0.1, -0.05) is 11.6 Å². The second-order valence-electron chi connectivity index (χ2n) is 5.32. The molecule has 3 heterocycles. The van der Waals surface area contributed by atoms with E-state index in [0.717, 1.165) is 12.8 Å². The minimum absolute atomic E-state index is 0.223. The molecule has 2 aromatic rings. The van der Waals surface area contributed by atoms with Crippen LogP contribution in [0.2, 0.25) is 5.15 Å². The van der Waals surface area contributed by atoms with Gasteiger partial charge in [-0.25, -0.2) is 4.98 Å². The Balaban J connectivity index is 1.77. The third kappa shape index (κ3) is 3.37. The first kappa shape index (κ1) is 15.6. The summed E-state index contributed by atoms with van der Waals surface area (Å²) in [5.41, 5.74) is 0.440. The van der Waals surface area contributed by atoms with Gasteiger partial charge in [0.1, 0.15) is 6.04 Å². The Labute approximate surface area is 138 Å². The lowest BCUT2D eigenvalue weighted by Gasteiger charge is -2.34. The predicted octanol–water partition coefficient (Wildman–Crippen LogP) is 2.96. The number of halogens is 1. The zero-order valence-electron chi connectivity index (χ0n) is 12.4. The number of likely N-dealkylation sites (tertiary alicyclic amines) is 1. The Hall–Kier alpha value is -2.34. The van der Waals surface area contributed by atoms with E-state index in [2.05, 4.69) is 10.3 Å². The lowest BCUT2D eigenvalue weighted by Crippen LogP contribution is -2.50. The molecule has 120 valence electrons. The van der Waals surface area contributed by atoms with Crippen molar-refractivity contribution in [3.05, 3.63) is 47.6 Å². The van der Waals surface area contributed by atoms with Crippen LogP contribution in [0.1, 0.15) is 29.8 Å². The highest BCUT2D eigenvalue weighted by atomic mass is 35.5. The Morgan fingerprint density at radius 3 is 2.91 bits per heavy atom. The minimum atomic E-state index is -0.544. The van der Waals surface area contributed by atoms with Crippen molar-refractivity contribution in [1.82, 2.24) is 9.88 Å². The van der Waals surface area contributed by atoms with Crippen LogP contribution >= 0.6 is 11.6 Å². The van der Waals surface area contributed by atoms with Crippen molar-refractivity contribution in [2.75, 3.05) is 11.9 Å². The molecule has 0 spiro atoms. The standard InChI is InChI=1S/C16H16ClN3O3/c17-14-11(5-3-8-18-14)19-15(21)12-6-1-2-9-20(12)16(22)13-7-4-10-23-13/h3-5,7-8,10,12H,1-2,6,9H2,(H,19,21)/t12-/m0/s1. The van der Waals surface area contributed by atoms with Crippen molar-refractivity contribution in [3.63, 3.8) is 0 Å². The molecule has 2 aromatic heterocycles. The third-order valence-electron chi connectivity index (χ3n) is 3.82. The van der Waals surface area contributed by atoms with E-state index in [4.69, 9.17) is 16.0 Å². The van der Waals surface area contributed by atoms with Gasteiger partial charge in [0.15, 0.2) is 10.9 Å². The topological polar surface area (TPSA) is 75.4 Å². The summed E-state index contributed by atoms with van der Waals surface area (Å²) < 4.78 is 5.16. The van der Waals surface area contributed by atoms with Gasteiger partial charge in [0.05, 0.1) is 12.0 Å². The quantitative estimate of drug-likeness (QED) is 0.876. The molecule has 1 N–H and O–H groups in total. The first-order chi connectivity index (χ1) is 11.2. The van der Waals surface area contributed by atoms with Gasteiger partial charge in [0.2, 0.25) is 5.91 Å². The Kier molecular flexibility index (Phi) is 4.62. The van der Waals surface area contributed by atoms with Crippen LogP contribution in [0.25, 0.3) is 0 Å². The maximum absolute atomic E-state index is 12.6. The van der Waals surface area contributed by atoms with Crippen LogP contribution in [0.5, 0.6) is 0 Å². The number of nitrogens with one attached hydrogen (secondary N) is 1. The van der Waals surface area contributed by atoms with Gasteiger partial charge in [-0.15, -0.1) is 0 Å². The summed E-state index contributed by atoms with van der Waals surface area (Å²) in [6.45, 7) is 0.526. The normalized spacial score (nSPS) is 17.8. The number of pyridine rings is 1. The SMILES string of the molecule is O=C(Nc1cccnc1Cl)[C@@H]1CCCCN1C(=O)c1ccco1. The average molecular weight is 334 g/mol. The second-order valence-corrected chi connectivity index (χ2v) is 5.68. The number of hydrogen-bond acceptors (Lipinski definition) is 4. The van der Waals surface area contributed by atoms with Crippen LogP contribution in [-0.2, 0) is 4.79 Å². The van der Waals surface area contributed by atoms with E-state index >= 15 is 0 Å². The van der Waals surface area contributed by atoms with Crippen LogP contribution in [0.3, 0.4) is 0 Å². The van der Waals surface area contributed by atoms with E-state index in [-0.39, 0.29) is 22.7 Å². The molecule has 0 radical (unpaired) electrons. The van der Waals surface area contributed by atoms with E-state index < -0.39 is 6.04 Å². The summed E-state index contributed by atoms with van der Waals surface area (Å²) in [7, 11) is 0. The van der Waals surface area contributed by atoms with Crippen molar-refractivity contribution >= 4 is 29.1 Å². The smallest absolute Gasteiger partial charge is 0.290 e. The summed E-state index contributed by atoms with van der Waals surface area (Å²) in [6.07, 6.45) is 5.35. The van der Waals surface area contributed by atoms with Crippen LogP contribution in [0.15, 0.2) is 41.1 Å². The zero-order chi connectivity index (χ0) is 16.2. The molecule has 7 heteroatoms. The van der Waals surface area contributed by atoms with E-state index in [1.165, 1.54) is 6.26 Å². The molecular weight excluding hydrogens is 318 g/mol. The van der Waals surface area contributed by atoms with Crippen molar-refractivity contribution in [3.8, 4) is 0 Å². The molecule has 1 saturated heterocycles. The molecule has 1 aliphatic rings. The van der Waals surface area contributed by atoms with Gasteiger partial charge in [0, 0.05) is 12.7 Å². The molecule has 0 aromatic carbocycles. The Morgan fingerprint density at radius 1 is 1.30 bits per heavy atom. The Morgan fingerprint density at radius 2 is 2.17 bits per heavy atom. The molecule has 0 saturated carbocycles. The number of carbonyl (C=O) groups is 2. The van der Waals surface area contributed by atoms with Gasteiger partial charge < -0.3 is 14.6 Å². The lowest BCUT2D eigenvalue weighted by atomic mass is 10.0. The molecule has 0 unspecified atom stereocenters. The Bertz CT molecular complexity index is 702. The first-order valence-corrected chi connectivity index (χ1v) is 7.80. The van der Waals surface area contributed by atoms with E-state index in [1.807, 2.05) is 0 Å². The number of piperidine rings is 1. The second kappa shape index (κ2) is 6.83. The van der Waals surface area contributed by atoms with Gasteiger partial charge in [-0.2, -0.15) is 0 Å². The summed E-state index contributed by atoms with van der Waals surface area (Å²) in [5.74, 6) is -0.296. The molecule has 1 fully saturated rings. The van der Waals surface area contributed by atoms with Gasteiger partial charge >= 0.3 is 0 Å². The lowest BCUT2D eigenvalue weighted by molar-refractivity contribution is -0.121. The first-order valence-electron chi connectivity index (χ1n) is 7.42. The minimum Gasteiger partial charge on any atom is -0.459 e. The molecule has 3 rings (SSSR count). The number of rotatable bonds is 3. The van der Waals surface area contributed by atoms with Gasteiger partial charge in [0.25, 0.3) is 5.91 Å². The van der Waals surface area contributed by atoms with E-state index in [0.29, 0.717) is 18.7 Å². The molecule has 1 aliphatic heterocycles. The summed E-state index contributed by atoms with van der Waals surface area (Å²) in [4.78, 5) is 30.6. The largest absolute Gasteiger partial charge is 0.459 e. The highest BCUT2D eigenvalue weighted by molar-refractivity contribution is 6.32.